The number of halogens is 5. The third-order valence-corrected chi connectivity index (χ3v) is 3.75. The summed E-state index contributed by atoms with van der Waals surface area (Å²) in [7, 11) is 0. The zero-order valence-electron chi connectivity index (χ0n) is 15.3. The van der Waals surface area contributed by atoms with Crippen LogP contribution in [0.5, 0.6) is 11.6 Å². The first kappa shape index (κ1) is 22.3. The Morgan fingerprint density at radius 3 is 2.48 bits per heavy atom. The van der Waals surface area contributed by atoms with Gasteiger partial charge in [0.25, 0.3) is 0 Å². The van der Waals surface area contributed by atoms with Crippen LogP contribution in [0.1, 0.15) is 13.8 Å². The van der Waals surface area contributed by atoms with Crippen LogP contribution in [0.15, 0.2) is 30.6 Å². The van der Waals surface area contributed by atoms with Crippen LogP contribution in [0.4, 0.5) is 32.6 Å². The number of hydrogen-bond donors (Lipinski definition) is 2. The normalized spacial score (nSPS) is 13.5. The number of amides is 2. The van der Waals surface area contributed by atoms with Crippen LogP contribution in [0, 0.1) is 11.6 Å². The molecule has 1 aromatic carbocycles. The highest BCUT2D eigenvalue weighted by atomic mass is 19.4. The Morgan fingerprint density at radius 1 is 1.24 bits per heavy atom. The highest BCUT2D eigenvalue weighted by Gasteiger charge is 2.51. The molecule has 2 N–H and O–H groups in total. The van der Waals surface area contributed by atoms with Gasteiger partial charge in [-0.2, -0.15) is 13.2 Å². The Bertz CT molecular complexity index is 859. The predicted molar refractivity (Wildman–Crippen MR) is 91.4 cm³/mol. The molecule has 2 aromatic rings. The van der Waals surface area contributed by atoms with Crippen LogP contribution in [0.2, 0.25) is 0 Å². The SMILES string of the molecule is CCN(C[C@@](C)(O)C(F)(F)F)C(=O)Nc1cnc(Oc2cc(F)ccc2F)cn1. The molecule has 0 spiro atoms. The smallest absolute Gasteiger partial charge is 0.418 e. The summed E-state index contributed by atoms with van der Waals surface area (Å²) in [5, 5.41) is 11.8. The fourth-order valence-corrected chi connectivity index (χ4v) is 2.08. The molecule has 2 amide bonds. The minimum absolute atomic E-state index is 0.120. The number of ether oxygens (including phenoxy) is 1. The number of carbonyl (C=O) groups excluding carboxylic acids is 1. The number of anilines is 1. The van der Waals surface area contributed by atoms with Crippen molar-refractivity contribution < 1.29 is 36.6 Å². The van der Waals surface area contributed by atoms with Crippen molar-refractivity contribution in [2.75, 3.05) is 18.4 Å². The lowest BCUT2D eigenvalue weighted by molar-refractivity contribution is -0.255. The molecule has 1 atom stereocenters. The van der Waals surface area contributed by atoms with E-state index < -0.39 is 41.7 Å². The van der Waals surface area contributed by atoms with E-state index in [4.69, 9.17) is 4.74 Å². The fraction of sp³-hybridized carbons (Fsp3) is 0.353. The second-order valence-corrected chi connectivity index (χ2v) is 6.13. The quantitative estimate of drug-likeness (QED) is 0.696. The number of rotatable bonds is 6. The number of nitrogens with zero attached hydrogens (tertiary/aromatic N) is 3. The van der Waals surface area contributed by atoms with Gasteiger partial charge >= 0.3 is 12.2 Å². The molecule has 0 bridgehead atoms. The zero-order chi connectivity index (χ0) is 21.8. The average molecular weight is 420 g/mol. The summed E-state index contributed by atoms with van der Waals surface area (Å²) in [6, 6.07) is 1.62. The molecule has 0 saturated carbocycles. The van der Waals surface area contributed by atoms with Crippen LogP contribution >= 0.6 is 0 Å². The van der Waals surface area contributed by atoms with Crippen LogP contribution in [-0.4, -0.2) is 50.9 Å². The molecule has 7 nitrogen and oxygen atoms in total. The van der Waals surface area contributed by atoms with Gasteiger partial charge in [0.15, 0.2) is 23.0 Å². The first-order chi connectivity index (χ1) is 13.4. The Balaban J connectivity index is 2.04. The molecule has 158 valence electrons. The Hall–Kier alpha value is -3.02. The first-order valence-electron chi connectivity index (χ1n) is 8.23. The molecule has 2 rings (SSSR count). The van der Waals surface area contributed by atoms with Crippen molar-refractivity contribution >= 4 is 11.8 Å². The molecule has 29 heavy (non-hydrogen) atoms. The van der Waals surface area contributed by atoms with Crippen LogP contribution in [-0.2, 0) is 0 Å². The van der Waals surface area contributed by atoms with E-state index in [1.807, 2.05) is 0 Å². The van der Waals surface area contributed by atoms with E-state index in [9.17, 15) is 31.9 Å². The van der Waals surface area contributed by atoms with Crippen LogP contribution in [0.3, 0.4) is 0 Å². The van der Waals surface area contributed by atoms with Gasteiger partial charge in [-0.05, 0) is 26.0 Å². The summed E-state index contributed by atoms with van der Waals surface area (Å²) in [6.07, 6.45) is -2.91. The van der Waals surface area contributed by atoms with Gasteiger partial charge in [-0.15, -0.1) is 0 Å². The Labute approximate surface area is 162 Å². The number of nitrogens with one attached hydrogen (secondary N) is 1. The highest BCUT2D eigenvalue weighted by Crippen LogP contribution is 2.30. The van der Waals surface area contributed by atoms with E-state index in [2.05, 4.69) is 15.3 Å². The summed E-state index contributed by atoms with van der Waals surface area (Å²) >= 11 is 0. The number of benzene rings is 1. The van der Waals surface area contributed by atoms with E-state index in [1.165, 1.54) is 6.92 Å². The van der Waals surface area contributed by atoms with E-state index in [1.54, 1.807) is 0 Å². The Morgan fingerprint density at radius 2 is 1.93 bits per heavy atom. The van der Waals surface area contributed by atoms with Gasteiger partial charge in [-0.25, -0.2) is 23.5 Å². The first-order valence-corrected chi connectivity index (χ1v) is 8.23. The number of alkyl halides is 3. The number of aliphatic hydroxyl groups is 1. The van der Waals surface area contributed by atoms with Crippen LogP contribution in [0.25, 0.3) is 0 Å². The molecule has 0 unspecified atom stereocenters. The van der Waals surface area contributed by atoms with Gasteiger partial charge in [0.1, 0.15) is 5.82 Å². The molecule has 0 aliphatic heterocycles. The van der Waals surface area contributed by atoms with E-state index >= 15 is 0 Å². The third-order valence-electron chi connectivity index (χ3n) is 3.75. The number of urea groups is 1. The molecule has 1 aromatic heterocycles. The summed E-state index contributed by atoms with van der Waals surface area (Å²) in [5.41, 5.74) is -3.10. The second-order valence-electron chi connectivity index (χ2n) is 6.13. The lowest BCUT2D eigenvalue weighted by Crippen LogP contribution is -2.53. The maximum absolute atomic E-state index is 13.6. The van der Waals surface area contributed by atoms with E-state index in [0.29, 0.717) is 6.92 Å². The van der Waals surface area contributed by atoms with Crippen molar-refractivity contribution in [3.63, 3.8) is 0 Å². The van der Waals surface area contributed by atoms with E-state index in [0.717, 1.165) is 35.5 Å². The van der Waals surface area contributed by atoms with E-state index in [-0.39, 0.29) is 18.2 Å². The average Bonchev–Trinajstić information content (AvgIpc) is 2.63. The molecular formula is C17H17F5N4O3. The molecule has 12 heteroatoms. The third kappa shape index (κ3) is 5.73. The van der Waals surface area contributed by atoms with Crippen molar-refractivity contribution in [2.45, 2.75) is 25.6 Å². The lowest BCUT2D eigenvalue weighted by Gasteiger charge is -2.32. The van der Waals surface area contributed by atoms with Gasteiger partial charge in [0.2, 0.25) is 5.88 Å². The van der Waals surface area contributed by atoms with Crippen molar-refractivity contribution in [3.8, 4) is 11.6 Å². The van der Waals surface area contributed by atoms with Crippen molar-refractivity contribution in [1.29, 1.82) is 0 Å². The fourth-order valence-electron chi connectivity index (χ4n) is 2.08. The summed E-state index contributed by atoms with van der Waals surface area (Å²) in [4.78, 5) is 20.4. The van der Waals surface area contributed by atoms with Gasteiger partial charge in [0, 0.05) is 12.6 Å². The van der Waals surface area contributed by atoms with Gasteiger partial charge < -0.3 is 14.7 Å². The largest absolute Gasteiger partial charge is 0.434 e. The van der Waals surface area contributed by atoms with Crippen molar-refractivity contribution in [2.24, 2.45) is 0 Å². The van der Waals surface area contributed by atoms with Crippen LogP contribution < -0.4 is 10.1 Å². The minimum Gasteiger partial charge on any atom is -0.434 e. The molecule has 0 aliphatic carbocycles. The number of carbonyl (C=O) groups is 1. The highest BCUT2D eigenvalue weighted by molar-refractivity contribution is 5.88. The number of likely N-dealkylation sites (N-methyl/N-ethyl adjacent to an activating group) is 1. The zero-order valence-corrected chi connectivity index (χ0v) is 15.3. The lowest BCUT2D eigenvalue weighted by atomic mass is 10.1. The summed E-state index contributed by atoms with van der Waals surface area (Å²) in [6.45, 7) is 0.875. The topological polar surface area (TPSA) is 87.6 Å². The minimum atomic E-state index is -4.92. The molecular weight excluding hydrogens is 403 g/mol. The molecule has 0 fully saturated rings. The molecule has 1 heterocycles. The molecule has 0 aliphatic rings. The standard InChI is InChI=1S/C17H17F5N4O3/c1-3-26(9-16(2,28)17(20,21)22)15(27)25-13-7-24-14(8-23-13)29-12-6-10(18)4-5-11(12)19/h4-8,28H,3,9H2,1-2H3,(H,23,25,27)/t16-/m1/s1. The Kier molecular flexibility index (Phi) is 6.57. The summed E-state index contributed by atoms with van der Waals surface area (Å²) < 4.78 is 70.1. The monoisotopic (exact) mass is 420 g/mol. The van der Waals surface area contributed by atoms with Crippen molar-refractivity contribution in [3.05, 3.63) is 42.2 Å². The van der Waals surface area contributed by atoms with Gasteiger partial charge in [0.05, 0.1) is 18.9 Å². The number of aromatic nitrogens is 2. The van der Waals surface area contributed by atoms with Gasteiger partial charge in [-0.1, -0.05) is 0 Å². The second kappa shape index (κ2) is 8.55. The summed E-state index contributed by atoms with van der Waals surface area (Å²) in [5.74, 6) is -2.33. The number of hydrogen-bond acceptors (Lipinski definition) is 5. The maximum Gasteiger partial charge on any atom is 0.418 e. The van der Waals surface area contributed by atoms with Crippen molar-refractivity contribution in [1.82, 2.24) is 14.9 Å². The van der Waals surface area contributed by atoms with Gasteiger partial charge in [-0.3, -0.25) is 5.32 Å². The molecule has 0 saturated heterocycles. The maximum atomic E-state index is 13.6. The predicted octanol–water partition coefficient (Wildman–Crippen LogP) is 3.71. The molecule has 0 radical (unpaired) electrons.